The molecule has 23 heavy (non-hydrogen) atoms. The molecule has 0 bridgehead atoms. The third-order valence-corrected chi connectivity index (χ3v) is 5.04. The van der Waals surface area contributed by atoms with Gasteiger partial charge < -0.3 is 15.2 Å². The molecule has 7 heteroatoms. The van der Waals surface area contributed by atoms with E-state index in [0.29, 0.717) is 6.54 Å². The zero-order valence-electron chi connectivity index (χ0n) is 13.6. The van der Waals surface area contributed by atoms with Crippen LogP contribution in [0.25, 0.3) is 0 Å². The molecule has 1 aliphatic rings. The van der Waals surface area contributed by atoms with Crippen molar-refractivity contribution in [3.8, 4) is 0 Å². The van der Waals surface area contributed by atoms with Gasteiger partial charge in [-0.3, -0.25) is 0 Å². The Bertz CT molecular complexity index is 649. The van der Waals surface area contributed by atoms with Crippen LogP contribution in [0.2, 0.25) is 0 Å². The van der Waals surface area contributed by atoms with Gasteiger partial charge in [0.25, 0.3) is 0 Å². The zero-order chi connectivity index (χ0) is 16.2. The first kappa shape index (κ1) is 16.0. The molecule has 2 aromatic rings. The summed E-state index contributed by atoms with van der Waals surface area (Å²) in [5.41, 5.74) is 0. The maximum Gasteiger partial charge on any atom is 0.315 e. The zero-order valence-corrected chi connectivity index (χ0v) is 14.4. The molecule has 0 spiro atoms. The first-order valence-electron chi connectivity index (χ1n) is 8.14. The number of rotatable bonds is 6. The van der Waals surface area contributed by atoms with Crippen molar-refractivity contribution in [3.05, 3.63) is 34.0 Å². The molecule has 0 fully saturated rings. The summed E-state index contributed by atoms with van der Waals surface area (Å²) in [6, 6.07) is 3.85. The van der Waals surface area contributed by atoms with Gasteiger partial charge in [0.1, 0.15) is 5.82 Å². The van der Waals surface area contributed by atoms with Crippen LogP contribution in [0.5, 0.6) is 0 Å². The maximum absolute atomic E-state index is 12.2. The minimum absolute atomic E-state index is 0.115. The number of carbonyl (C=O) groups excluding carboxylic acids is 1. The Morgan fingerprint density at radius 3 is 3.04 bits per heavy atom. The highest BCUT2D eigenvalue weighted by Gasteiger charge is 2.27. The largest absolute Gasteiger partial charge is 0.338 e. The van der Waals surface area contributed by atoms with Crippen LogP contribution >= 0.6 is 11.3 Å². The summed E-state index contributed by atoms with van der Waals surface area (Å²) in [6.07, 6.45) is 2.94. The molecule has 0 saturated heterocycles. The second-order valence-corrected chi connectivity index (χ2v) is 7.21. The molecule has 0 aromatic carbocycles. The number of nitrogens with zero attached hydrogens (tertiary/aromatic N) is 3. The average Bonchev–Trinajstić information content (AvgIpc) is 3.22. The van der Waals surface area contributed by atoms with E-state index in [9.17, 15) is 4.79 Å². The average molecular weight is 333 g/mol. The van der Waals surface area contributed by atoms with Crippen molar-refractivity contribution in [2.45, 2.75) is 45.7 Å². The van der Waals surface area contributed by atoms with E-state index < -0.39 is 0 Å². The third-order valence-electron chi connectivity index (χ3n) is 4.11. The Hall–Kier alpha value is -1.89. The molecule has 1 atom stereocenters. The lowest BCUT2D eigenvalue weighted by Crippen LogP contribution is -2.41. The van der Waals surface area contributed by atoms with E-state index in [2.05, 4.69) is 50.7 Å². The van der Waals surface area contributed by atoms with Crippen molar-refractivity contribution in [1.29, 1.82) is 0 Å². The molecule has 0 radical (unpaired) electrons. The maximum atomic E-state index is 12.2. The molecule has 3 rings (SSSR count). The molecule has 2 aromatic heterocycles. The van der Waals surface area contributed by atoms with Gasteiger partial charge in [-0.25, -0.2) is 4.79 Å². The Morgan fingerprint density at radius 2 is 2.30 bits per heavy atom. The summed E-state index contributed by atoms with van der Waals surface area (Å²) >= 11 is 1.71. The number of fused-ring (bicyclic) bond motifs is 1. The molecular weight excluding hydrogens is 310 g/mol. The van der Waals surface area contributed by atoms with Crippen LogP contribution in [0.15, 0.2) is 17.5 Å². The summed E-state index contributed by atoms with van der Waals surface area (Å²) in [4.78, 5) is 13.5. The van der Waals surface area contributed by atoms with Crippen molar-refractivity contribution in [2.24, 2.45) is 5.92 Å². The standard InChI is InChI=1S/C16H23N5OS/c1-11(2)14(15-20-19-13-6-3-9-21(13)15)18-16(22)17-8-7-12-5-4-10-23-12/h4-5,10-11,14H,3,6-9H2,1-2H3,(H2,17,18,22). The first-order valence-corrected chi connectivity index (χ1v) is 9.02. The lowest BCUT2D eigenvalue weighted by molar-refractivity contribution is 0.231. The smallest absolute Gasteiger partial charge is 0.315 e. The number of thiophene rings is 1. The summed E-state index contributed by atoms with van der Waals surface area (Å²) in [5, 5.41) is 16.6. The van der Waals surface area contributed by atoms with E-state index in [1.165, 1.54) is 4.88 Å². The first-order chi connectivity index (χ1) is 11.1. The van der Waals surface area contributed by atoms with Crippen LogP contribution in [0.3, 0.4) is 0 Å². The van der Waals surface area contributed by atoms with Crippen LogP contribution in [0.4, 0.5) is 4.79 Å². The fourth-order valence-corrected chi connectivity index (χ4v) is 3.59. The van der Waals surface area contributed by atoms with Gasteiger partial charge in [0.15, 0.2) is 5.82 Å². The lowest BCUT2D eigenvalue weighted by Gasteiger charge is -2.22. The molecule has 6 nitrogen and oxygen atoms in total. The van der Waals surface area contributed by atoms with Crippen molar-refractivity contribution in [3.63, 3.8) is 0 Å². The third kappa shape index (κ3) is 3.72. The van der Waals surface area contributed by atoms with Crippen molar-refractivity contribution in [2.75, 3.05) is 6.54 Å². The SMILES string of the molecule is CC(C)C(NC(=O)NCCc1cccs1)c1nnc2n1CCC2. The second kappa shape index (κ2) is 7.12. The Balaban J connectivity index is 1.57. The van der Waals surface area contributed by atoms with Crippen LogP contribution in [-0.4, -0.2) is 27.3 Å². The minimum atomic E-state index is -0.143. The summed E-state index contributed by atoms with van der Waals surface area (Å²) < 4.78 is 2.15. The Labute approximate surface area is 140 Å². The fourth-order valence-electron chi connectivity index (χ4n) is 2.88. The van der Waals surface area contributed by atoms with Gasteiger partial charge in [0, 0.05) is 24.4 Å². The number of hydrogen-bond acceptors (Lipinski definition) is 4. The van der Waals surface area contributed by atoms with E-state index >= 15 is 0 Å². The van der Waals surface area contributed by atoms with Crippen molar-refractivity contribution >= 4 is 17.4 Å². The highest BCUT2D eigenvalue weighted by Crippen LogP contribution is 2.24. The molecule has 3 heterocycles. The topological polar surface area (TPSA) is 71.8 Å². The van der Waals surface area contributed by atoms with Crippen LogP contribution in [-0.2, 0) is 19.4 Å². The number of carbonyl (C=O) groups is 1. The van der Waals surface area contributed by atoms with Crippen LogP contribution in [0.1, 0.15) is 42.8 Å². The summed E-state index contributed by atoms with van der Waals surface area (Å²) in [6.45, 7) is 5.76. The predicted molar refractivity (Wildman–Crippen MR) is 90.5 cm³/mol. The molecule has 124 valence electrons. The second-order valence-electron chi connectivity index (χ2n) is 6.18. The highest BCUT2D eigenvalue weighted by atomic mass is 32.1. The van der Waals surface area contributed by atoms with Gasteiger partial charge in [-0.2, -0.15) is 0 Å². The Morgan fingerprint density at radius 1 is 1.43 bits per heavy atom. The van der Waals surface area contributed by atoms with Gasteiger partial charge in [0.05, 0.1) is 6.04 Å². The molecule has 1 aliphatic heterocycles. The van der Waals surface area contributed by atoms with Gasteiger partial charge in [-0.05, 0) is 30.2 Å². The Kier molecular flexibility index (Phi) is 4.95. The number of aryl methyl sites for hydroxylation is 1. The number of urea groups is 1. The van der Waals surface area contributed by atoms with Gasteiger partial charge >= 0.3 is 6.03 Å². The normalized spacial score (nSPS) is 14.7. The molecule has 2 amide bonds. The van der Waals surface area contributed by atoms with Crippen LogP contribution in [0, 0.1) is 5.92 Å². The molecule has 1 unspecified atom stereocenters. The van der Waals surface area contributed by atoms with E-state index in [1.807, 2.05) is 6.07 Å². The van der Waals surface area contributed by atoms with Crippen molar-refractivity contribution < 1.29 is 4.79 Å². The van der Waals surface area contributed by atoms with Gasteiger partial charge in [-0.1, -0.05) is 19.9 Å². The summed E-state index contributed by atoms with van der Waals surface area (Å²) in [7, 11) is 0. The van der Waals surface area contributed by atoms with Gasteiger partial charge in [-0.15, -0.1) is 21.5 Å². The molecule has 2 N–H and O–H groups in total. The van der Waals surface area contributed by atoms with E-state index in [0.717, 1.165) is 37.5 Å². The number of amides is 2. The molecular formula is C16H23N5OS. The minimum Gasteiger partial charge on any atom is -0.338 e. The number of aromatic nitrogens is 3. The van der Waals surface area contributed by atoms with Gasteiger partial charge in [0.2, 0.25) is 0 Å². The fraction of sp³-hybridized carbons (Fsp3) is 0.562. The van der Waals surface area contributed by atoms with E-state index in [1.54, 1.807) is 11.3 Å². The number of nitrogens with one attached hydrogen (secondary N) is 2. The molecule has 0 aliphatic carbocycles. The van der Waals surface area contributed by atoms with E-state index in [-0.39, 0.29) is 18.0 Å². The van der Waals surface area contributed by atoms with E-state index in [4.69, 9.17) is 0 Å². The van der Waals surface area contributed by atoms with Crippen LogP contribution < -0.4 is 10.6 Å². The lowest BCUT2D eigenvalue weighted by atomic mass is 10.0. The number of hydrogen-bond donors (Lipinski definition) is 2. The quantitative estimate of drug-likeness (QED) is 0.853. The predicted octanol–water partition coefficient (Wildman–Crippen LogP) is 2.52. The molecule has 0 saturated carbocycles. The monoisotopic (exact) mass is 333 g/mol. The summed E-state index contributed by atoms with van der Waals surface area (Å²) in [5.74, 6) is 2.17. The van der Waals surface area contributed by atoms with Crippen molar-refractivity contribution in [1.82, 2.24) is 25.4 Å². The highest BCUT2D eigenvalue weighted by molar-refractivity contribution is 7.09.